The van der Waals surface area contributed by atoms with Crippen LogP contribution in [0.4, 0.5) is 26.3 Å². The Kier molecular flexibility index (Phi) is 8.46. The molecule has 10 heteroatoms. The van der Waals surface area contributed by atoms with E-state index >= 15 is 0 Å². The van der Waals surface area contributed by atoms with Gasteiger partial charge in [0.15, 0.2) is 0 Å². The molecule has 1 atom stereocenters. The fraction of sp³-hybridized carbons (Fsp3) is 0.381. The topological polar surface area (TPSA) is 64.4 Å². The van der Waals surface area contributed by atoms with Crippen molar-refractivity contribution in [1.82, 2.24) is 5.32 Å². The van der Waals surface area contributed by atoms with Gasteiger partial charge in [0.25, 0.3) is 0 Å². The third kappa shape index (κ3) is 7.87. The minimum Gasteiger partial charge on any atom is -0.376 e. The van der Waals surface area contributed by atoms with E-state index in [0.717, 1.165) is 5.56 Å². The second kappa shape index (κ2) is 10.6. The highest BCUT2D eigenvalue weighted by atomic mass is 19.4. The van der Waals surface area contributed by atoms with E-state index in [0.29, 0.717) is 12.1 Å². The number of alkyl halides is 6. The van der Waals surface area contributed by atoms with E-state index < -0.39 is 30.1 Å². The predicted octanol–water partition coefficient (Wildman–Crippen LogP) is 4.49. The van der Waals surface area contributed by atoms with Crippen LogP contribution in [0.25, 0.3) is 0 Å². The van der Waals surface area contributed by atoms with E-state index in [2.05, 4.69) is 5.32 Å². The van der Waals surface area contributed by atoms with Crippen molar-refractivity contribution in [2.75, 3.05) is 19.7 Å². The Hall–Kier alpha value is -2.59. The lowest BCUT2D eigenvalue weighted by Gasteiger charge is -2.19. The van der Waals surface area contributed by atoms with Crippen molar-refractivity contribution in [1.29, 1.82) is 0 Å². The summed E-state index contributed by atoms with van der Waals surface area (Å²) in [5.74, 6) is -0.619. The van der Waals surface area contributed by atoms with E-state index in [1.54, 1.807) is 30.3 Å². The van der Waals surface area contributed by atoms with Crippen molar-refractivity contribution in [3.8, 4) is 0 Å². The van der Waals surface area contributed by atoms with Crippen molar-refractivity contribution in [2.45, 2.75) is 31.3 Å². The van der Waals surface area contributed by atoms with Crippen molar-refractivity contribution in [3.63, 3.8) is 0 Å². The molecule has 0 radical (unpaired) electrons. The molecule has 0 spiro atoms. The lowest BCUT2D eigenvalue weighted by Crippen LogP contribution is -2.31. The van der Waals surface area contributed by atoms with Gasteiger partial charge in [-0.2, -0.15) is 26.3 Å². The van der Waals surface area contributed by atoms with Gasteiger partial charge in [0.05, 0.1) is 24.3 Å². The van der Waals surface area contributed by atoms with Gasteiger partial charge in [0.1, 0.15) is 0 Å². The van der Waals surface area contributed by atoms with Crippen LogP contribution in [0.15, 0.2) is 48.5 Å². The molecule has 0 aromatic heterocycles. The summed E-state index contributed by atoms with van der Waals surface area (Å²) < 4.78 is 83.4. The van der Waals surface area contributed by atoms with Crippen LogP contribution in [0, 0.1) is 0 Å². The molecule has 170 valence electrons. The van der Waals surface area contributed by atoms with Crippen LogP contribution in [0.2, 0.25) is 0 Å². The maximum atomic E-state index is 13.0. The highest BCUT2D eigenvalue weighted by Gasteiger charge is 2.36. The number of nitrogens with two attached hydrogens (primary N) is 1. The highest BCUT2D eigenvalue weighted by Crippen LogP contribution is 2.36. The molecular formula is C21H22F6N2O2. The summed E-state index contributed by atoms with van der Waals surface area (Å²) in [5, 5.41) is 2.69. The summed E-state index contributed by atoms with van der Waals surface area (Å²) in [6, 6.07) is 10.2. The first-order valence-electron chi connectivity index (χ1n) is 9.38. The number of hydrogen-bond acceptors (Lipinski definition) is 3. The molecule has 0 aliphatic carbocycles. The van der Waals surface area contributed by atoms with Crippen molar-refractivity contribution in [3.05, 3.63) is 70.8 Å². The lowest BCUT2D eigenvalue weighted by molar-refractivity contribution is -0.143. The van der Waals surface area contributed by atoms with Gasteiger partial charge in [-0.25, -0.2) is 0 Å². The average Bonchev–Trinajstić information content (AvgIpc) is 2.70. The molecule has 4 nitrogen and oxygen atoms in total. The zero-order valence-corrected chi connectivity index (χ0v) is 16.4. The van der Waals surface area contributed by atoms with E-state index in [4.69, 9.17) is 10.5 Å². The number of nitrogens with one attached hydrogen (secondary N) is 1. The molecular weight excluding hydrogens is 426 g/mol. The molecule has 2 rings (SSSR count). The number of ether oxygens (including phenoxy) is 1. The lowest BCUT2D eigenvalue weighted by atomic mass is 10.00. The van der Waals surface area contributed by atoms with Crippen LogP contribution in [0.1, 0.15) is 34.6 Å². The van der Waals surface area contributed by atoms with Gasteiger partial charge in [0, 0.05) is 25.4 Å². The molecule has 0 aliphatic heterocycles. The van der Waals surface area contributed by atoms with Gasteiger partial charge < -0.3 is 15.8 Å². The monoisotopic (exact) mass is 448 g/mol. The van der Waals surface area contributed by atoms with Crippen LogP contribution >= 0.6 is 0 Å². The van der Waals surface area contributed by atoms with Gasteiger partial charge in [-0.1, -0.05) is 30.3 Å². The van der Waals surface area contributed by atoms with E-state index in [1.165, 1.54) is 0 Å². The Bertz CT molecular complexity index is 821. The summed E-state index contributed by atoms with van der Waals surface area (Å²) in [6.45, 7) is -0.119. The second-order valence-electron chi connectivity index (χ2n) is 6.88. The minimum absolute atomic E-state index is 0.0233. The summed E-state index contributed by atoms with van der Waals surface area (Å²) in [4.78, 5) is 11.7. The largest absolute Gasteiger partial charge is 0.416 e. The first-order valence-corrected chi connectivity index (χ1v) is 9.38. The quantitative estimate of drug-likeness (QED) is 0.556. The van der Waals surface area contributed by atoms with Crippen molar-refractivity contribution < 1.29 is 35.9 Å². The van der Waals surface area contributed by atoms with Crippen LogP contribution < -0.4 is 11.1 Å². The van der Waals surface area contributed by atoms with Crippen molar-refractivity contribution in [2.24, 2.45) is 5.73 Å². The molecule has 2 aromatic rings. The van der Waals surface area contributed by atoms with Crippen molar-refractivity contribution >= 4 is 5.91 Å². The molecule has 0 saturated carbocycles. The molecule has 0 bridgehead atoms. The van der Waals surface area contributed by atoms with Gasteiger partial charge >= 0.3 is 12.4 Å². The number of carbonyl (C=O) groups is 1. The number of hydrogen-bond donors (Lipinski definition) is 2. The van der Waals surface area contributed by atoms with Gasteiger partial charge in [0.2, 0.25) is 5.91 Å². The first-order chi connectivity index (χ1) is 14.5. The van der Waals surface area contributed by atoms with Crippen LogP contribution in [-0.2, 0) is 28.5 Å². The number of carbonyl (C=O) groups excluding carboxylic acids is 1. The third-order valence-corrected chi connectivity index (χ3v) is 4.42. The summed E-state index contributed by atoms with van der Waals surface area (Å²) in [6.07, 6.45) is -9.71. The number of amides is 1. The maximum Gasteiger partial charge on any atom is 0.416 e. The van der Waals surface area contributed by atoms with E-state index in [-0.39, 0.29) is 49.6 Å². The first kappa shape index (κ1) is 24.7. The number of halogens is 6. The molecule has 0 fully saturated rings. The van der Waals surface area contributed by atoms with Crippen LogP contribution in [0.5, 0.6) is 0 Å². The molecule has 0 saturated heterocycles. The predicted molar refractivity (Wildman–Crippen MR) is 102 cm³/mol. The SMILES string of the molecule is NCCC(=O)NCC(COCc1cc(C(F)(F)F)cc(C(F)(F)F)c1)c1ccccc1. The summed E-state index contributed by atoms with van der Waals surface area (Å²) in [7, 11) is 0. The molecule has 0 aliphatic rings. The highest BCUT2D eigenvalue weighted by molar-refractivity contribution is 5.76. The number of rotatable bonds is 9. The Morgan fingerprint density at radius 3 is 2.06 bits per heavy atom. The normalized spacial score (nSPS) is 13.1. The fourth-order valence-corrected chi connectivity index (χ4v) is 2.88. The molecule has 1 amide bonds. The Balaban J connectivity index is 2.12. The molecule has 3 N–H and O–H groups in total. The average molecular weight is 448 g/mol. The van der Waals surface area contributed by atoms with E-state index in [1.807, 2.05) is 0 Å². The van der Waals surface area contributed by atoms with Gasteiger partial charge in [-0.3, -0.25) is 4.79 Å². The molecule has 31 heavy (non-hydrogen) atoms. The number of benzene rings is 2. The van der Waals surface area contributed by atoms with E-state index in [9.17, 15) is 31.1 Å². The Morgan fingerprint density at radius 2 is 1.55 bits per heavy atom. The van der Waals surface area contributed by atoms with Crippen LogP contribution in [-0.4, -0.2) is 25.6 Å². The fourth-order valence-electron chi connectivity index (χ4n) is 2.88. The summed E-state index contributed by atoms with van der Waals surface area (Å²) in [5.41, 5.74) is 3.10. The summed E-state index contributed by atoms with van der Waals surface area (Å²) >= 11 is 0. The minimum atomic E-state index is -4.92. The van der Waals surface area contributed by atoms with Gasteiger partial charge in [-0.15, -0.1) is 0 Å². The maximum absolute atomic E-state index is 13.0. The Labute approximate surface area is 175 Å². The zero-order chi connectivity index (χ0) is 23.1. The van der Waals surface area contributed by atoms with Crippen LogP contribution in [0.3, 0.4) is 0 Å². The second-order valence-corrected chi connectivity index (χ2v) is 6.88. The third-order valence-electron chi connectivity index (χ3n) is 4.42. The standard InChI is InChI=1S/C21H22F6N2O2/c22-20(23,24)17-8-14(9-18(10-17)21(25,26)27)12-31-13-16(11-29-19(30)6-7-28)15-4-2-1-3-5-15/h1-5,8-10,16H,6-7,11-13,28H2,(H,29,30). The van der Waals surface area contributed by atoms with Gasteiger partial charge in [-0.05, 0) is 29.3 Å². The smallest absolute Gasteiger partial charge is 0.376 e. The zero-order valence-electron chi connectivity index (χ0n) is 16.4. The molecule has 0 heterocycles. The molecule has 2 aromatic carbocycles. The molecule has 1 unspecified atom stereocenters. The Morgan fingerprint density at radius 1 is 0.968 bits per heavy atom.